The summed E-state index contributed by atoms with van der Waals surface area (Å²) in [5.74, 6) is 0.669. The normalized spacial score (nSPS) is 10.0. The van der Waals surface area contributed by atoms with Crippen LogP contribution in [0.15, 0.2) is 29.0 Å². The molecule has 0 aliphatic carbocycles. The molecule has 0 aliphatic heterocycles. The Morgan fingerprint density at radius 2 is 2.42 bits per heavy atom. The number of rotatable bonds is 1. The second-order valence-electron chi connectivity index (χ2n) is 2.15. The van der Waals surface area contributed by atoms with Gasteiger partial charge in [0.15, 0.2) is 5.76 Å². The van der Waals surface area contributed by atoms with Crippen LogP contribution in [-0.2, 0) is 0 Å². The number of hydrogen-bond acceptors (Lipinski definition) is 4. The third-order valence-electron chi connectivity index (χ3n) is 1.34. The average molecular weight is 179 g/mol. The van der Waals surface area contributed by atoms with E-state index in [0.29, 0.717) is 16.2 Å². The van der Waals surface area contributed by atoms with E-state index >= 15 is 0 Å². The van der Waals surface area contributed by atoms with Crippen molar-refractivity contribution in [1.29, 1.82) is 0 Å². The van der Waals surface area contributed by atoms with E-state index in [1.165, 1.54) is 0 Å². The molecule has 0 bridgehead atoms. The molecule has 0 fully saturated rings. The molecule has 4 nitrogen and oxygen atoms in total. The SMILES string of the molecule is S=c1nc(-c2ccco2)cn[nH]1. The van der Waals surface area contributed by atoms with Gasteiger partial charge in [0.2, 0.25) is 4.77 Å². The van der Waals surface area contributed by atoms with E-state index in [9.17, 15) is 0 Å². The van der Waals surface area contributed by atoms with Crippen LogP contribution in [0.3, 0.4) is 0 Å². The molecule has 0 atom stereocenters. The van der Waals surface area contributed by atoms with E-state index in [0.717, 1.165) is 0 Å². The molecule has 1 N–H and O–H groups in total. The van der Waals surface area contributed by atoms with E-state index in [-0.39, 0.29) is 0 Å². The van der Waals surface area contributed by atoms with Crippen molar-refractivity contribution in [2.24, 2.45) is 0 Å². The predicted octanol–water partition coefficient (Wildman–Crippen LogP) is 1.79. The molecule has 0 saturated carbocycles. The van der Waals surface area contributed by atoms with Gasteiger partial charge in [-0.25, -0.2) is 4.98 Å². The molecule has 0 amide bonds. The van der Waals surface area contributed by atoms with Crippen molar-refractivity contribution in [3.8, 4) is 11.5 Å². The van der Waals surface area contributed by atoms with Gasteiger partial charge in [0, 0.05) is 0 Å². The van der Waals surface area contributed by atoms with Crippen LogP contribution in [0.2, 0.25) is 0 Å². The van der Waals surface area contributed by atoms with Gasteiger partial charge in [-0.1, -0.05) is 0 Å². The minimum atomic E-state index is 0.351. The second kappa shape index (κ2) is 2.86. The topological polar surface area (TPSA) is 54.7 Å². The van der Waals surface area contributed by atoms with E-state index in [2.05, 4.69) is 15.2 Å². The van der Waals surface area contributed by atoms with Gasteiger partial charge in [-0.05, 0) is 24.4 Å². The molecule has 2 heterocycles. The van der Waals surface area contributed by atoms with Crippen LogP contribution in [0.5, 0.6) is 0 Å². The fraction of sp³-hybridized carbons (Fsp3) is 0. The lowest BCUT2D eigenvalue weighted by Crippen LogP contribution is -1.88. The molecule has 60 valence electrons. The van der Waals surface area contributed by atoms with Gasteiger partial charge >= 0.3 is 0 Å². The van der Waals surface area contributed by atoms with Crippen LogP contribution in [0.1, 0.15) is 0 Å². The molecule has 0 spiro atoms. The maximum Gasteiger partial charge on any atom is 0.214 e. The van der Waals surface area contributed by atoms with Crippen LogP contribution in [0.25, 0.3) is 11.5 Å². The number of nitrogens with one attached hydrogen (secondary N) is 1. The summed E-state index contributed by atoms with van der Waals surface area (Å²) in [5, 5.41) is 6.33. The lowest BCUT2D eigenvalue weighted by Gasteiger charge is -1.91. The maximum atomic E-state index is 5.11. The summed E-state index contributed by atoms with van der Waals surface area (Å²) in [6, 6.07) is 3.59. The van der Waals surface area contributed by atoms with Gasteiger partial charge in [-0.2, -0.15) is 5.10 Å². The highest BCUT2D eigenvalue weighted by Gasteiger charge is 2.00. The second-order valence-corrected chi connectivity index (χ2v) is 2.54. The standard InChI is InChI=1S/C7H5N3OS/c12-7-9-5(4-8-10-7)6-2-1-3-11-6/h1-4H,(H,9,10,12). The Labute approximate surface area is 73.3 Å². The van der Waals surface area contributed by atoms with Crippen molar-refractivity contribution >= 4 is 12.2 Å². The molecular weight excluding hydrogens is 174 g/mol. The highest BCUT2D eigenvalue weighted by molar-refractivity contribution is 7.71. The number of furan rings is 1. The molecule has 2 aromatic heterocycles. The molecule has 0 saturated heterocycles. The zero-order valence-corrected chi connectivity index (χ0v) is 6.84. The van der Waals surface area contributed by atoms with Crippen LogP contribution in [0.4, 0.5) is 0 Å². The van der Waals surface area contributed by atoms with Gasteiger partial charge in [-0.15, -0.1) is 0 Å². The largest absolute Gasteiger partial charge is 0.463 e. The summed E-state index contributed by atoms with van der Waals surface area (Å²) >= 11 is 4.80. The minimum Gasteiger partial charge on any atom is -0.463 e. The molecule has 0 aromatic carbocycles. The molecule has 0 radical (unpaired) electrons. The molecular formula is C7H5N3OS. The first-order valence-corrected chi connectivity index (χ1v) is 3.73. The van der Waals surface area contributed by atoms with E-state index in [1.54, 1.807) is 24.6 Å². The van der Waals surface area contributed by atoms with Gasteiger partial charge in [-0.3, -0.25) is 5.10 Å². The Hall–Kier alpha value is -1.49. The third-order valence-corrected chi connectivity index (χ3v) is 1.53. The van der Waals surface area contributed by atoms with Crippen LogP contribution >= 0.6 is 12.2 Å². The van der Waals surface area contributed by atoms with E-state index in [1.807, 2.05) is 0 Å². The molecule has 2 aromatic rings. The van der Waals surface area contributed by atoms with E-state index < -0.39 is 0 Å². The summed E-state index contributed by atoms with van der Waals surface area (Å²) in [4.78, 5) is 4.02. The number of nitrogens with zero attached hydrogens (tertiary/aromatic N) is 2. The smallest absolute Gasteiger partial charge is 0.214 e. The molecule has 12 heavy (non-hydrogen) atoms. The van der Waals surface area contributed by atoms with Crippen molar-refractivity contribution in [2.75, 3.05) is 0 Å². The monoisotopic (exact) mass is 179 g/mol. The van der Waals surface area contributed by atoms with Gasteiger partial charge < -0.3 is 4.42 Å². The Balaban J connectivity index is 2.55. The maximum absolute atomic E-state index is 5.11. The highest BCUT2D eigenvalue weighted by atomic mass is 32.1. The first-order chi connectivity index (χ1) is 5.86. The minimum absolute atomic E-state index is 0.351. The van der Waals surface area contributed by atoms with Gasteiger partial charge in [0.05, 0.1) is 12.5 Å². The van der Waals surface area contributed by atoms with Crippen molar-refractivity contribution < 1.29 is 4.42 Å². The molecule has 0 unspecified atom stereocenters. The lowest BCUT2D eigenvalue weighted by atomic mass is 10.3. The highest BCUT2D eigenvalue weighted by Crippen LogP contribution is 2.14. The van der Waals surface area contributed by atoms with Crippen LogP contribution in [-0.4, -0.2) is 15.2 Å². The predicted molar refractivity (Wildman–Crippen MR) is 44.9 cm³/mol. The number of aromatic nitrogens is 3. The molecule has 5 heteroatoms. The van der Waals surface area contributed by atoms with Crippen molar-refractivity contribution in [2.45, 2.75) is 0 Å². The number of aromatic amines is 1. The van der Waals surface area contributed by atoms with Gasteiger partial charge in [0.1, 0.15) is 5.69 Å². The lowest BCUT2D eigenvalue weighted by molar-refractivity contribution is 0.579. The third kappa shape index (κ3) is 1.26. The summed E-state index contributed by atoms with van der Waals surface area (Å²) in [6.45, 7) is 0. The summed E-state index contributed by atoms with van der Waals surface area (Å²) in [5.41, 5.74) is 0.642. The summed E-state index contributed by atoms with van der Waals surface area (Å²) in [6.07, 6.45) is 3.14. The molecule has 0 aliphatic rings. The van der Waals surface area contributed by atoms with E-state index in [4.69, 9.17) is 16.6 Å². The van der Waals surface area contributed by atoms with Crippen molar-refractivity contribution in [3.63, 3.8) is 0 Å². The fourth-order valence-electron chi connectivity index (χ4n) is 0.855. The average Bonchev–Trinajstić information content (AvgIpc) is 2.56. The van der Waals surface area contributed by atoms with Crippen LogP contribution < -0.4 is 0 Å². The quantitative estimate of drug-likeness (QED) is 0.678. The Morgan fingerprint density at radius 1 is 1.50 bits per heavy atom. The Bertz CT molecular complexity index is 420. The summed E-state index contributed by atoms with van der Waals surface area (Å²) < 4.78 is 5.46. The Kier molecular flexibility index (Phi) is 1.71. The molecule has 2 rings (SSSR count). The van der Waals surface area contributed by atoms with Crippen LogP contribution in [0, 0.1) is 4.77 Å². The number of H-pyrrole nitrogens is 1. The Morgan fingerprint density at radius 3 is 3.08 bits per heavy atom. The van der Waals surface area contributed by atoms with Gasteiger partial charge in [0.25, 0.3) is 0 Å². The zero-order valence-electron chi connectivity index (χ0n) is 6.02. The summed E-state index contributed by atoms with van der Waals surface area (Å²) in [7, 11) is 0. The first-order valence-electron chi connectivity index (χ1n) is 3.32. The first kappa shape index (κ1) is 7.17. The fourth-order valence-corrected chi connectivity index (χ4v) is 1.01. The zero-order chi connectivity index (χ0) is 8.39. The number of hydrogen-bond donors (Lipinski definition) is 1. The van der Waals surface area contributed by atoms with Crippen molar-refractivity contribution in [1.82, 2.24) is 15.2 Å². The van der Waals surface area contributed by atoms with Crippen molar-refractivity contribution in [3.05, 3.63) is 29.4 Å².